The molecule has 0 bridgehead atoms. The van der Waals surface area contributed by atoms with Crippen LogP contribution in [0.25, 0.3) is 0 Å². The largest absolute Gasteiger partial charge is 0.321 e. The fourth-order valence-electron chi connectivity index (χ4n) is 1.87. The molecule has 1 heterocycles. The molecule has 0 aliphatic rings. The highest BCUT2D eigenvalue weighted by molar-refractivity contribution is 5.27. The minimum absolute atomic E-state index is 0.259. The molecule has 2 aromatic rings. The van der Waals surface area contributed by atoms with Gasteiger partial charge in [-0.2, -0.15) is 0 Å². The molecule has 1 atom stereocenters. The van der Waals surface area contributed by atoms with Gasteiger partial charge in [-0.3, -0.25) is 4.98 Å². The minimum Gasteiger partial charge on any atom is -0.321 e. The van der Waals surface area contributed by atoms with Crippen molar-refractivity contribution >= 4 is 0 Å². The number of aromatic nitrogens is 1. The highest BCUT2D eigenvalue weighted by Gasteiger charge is 2.22. The smallest absolute Gasteiger partial charge is 0.123 e. The monoisotopic (exact) mass is 230 g/mol. The first-order valence-corrected chi connectivity index (χ1v) is 5.52. The summed E-state index contributed by atoms with van der Waals surface area (Å²) in [6.45, 7) is 1.90. The van der Waals surface area contributed by atoms with Crippen LogP contribution in [0.5, 0.6) is 0 Å². The van der Waals surface area contributed by atoms with E-state index in [2.05, 4.69) is 4.98 Å². The molecular formula is C14H15FN2. The molecule has 0 spiro atoms. The standard InChI is InChI=1S/C14H15FN2/c1-14(16,9-11-4-3-7-17-10-11)12-5-2-6-13(15)8-12/h2-8,10H,9,16H2,1H3. The lowest BCUT2D eigenvalue weighted by molar-refractivity contribution is 0.485. The number of pyridine rings is 1. The van der Waals surface area contributed by atoms with Crippen LogP contribution in [0.4, 0.5) is 4.39 Å². The third-order valence-corrected chi connectivity index (χ3v) is 2.78. The normalized spacial score (nSPS) is 14.3. The Labute approximate surface area is 100 Å². The lowest BCUT2D eigenvalue weighted by Gasteiger charge is -2.25. The van der Waals surface area contributed by atoms with E-state index < -0.39 is 5.54 Å². The van der Waals surface area contributed by atoms with Gasteiger partial charge in [0.25, 0.3) is 0 Å². The predicted molar refractivity (Wildman–Crippen MR) is 65.9 cm³/mol. The quantitative estimate of drug-likeness (QED) is 0.880. The van der Waals surface area contributed by atoms with E-state index in [1.807, 2.05) is 25.1 Å². The molecule has 17 heavy (non-hydrogen) atoms. The van der Waals surface area contributed by atoms with E-state index in [0.29, 0.717) is 6.42 Å². The lowest BCUT2D eigenvalue weighted by atomic mass is 9.87. The molecule has 0 amide bonds. The molecule has 0 saturated carbocycles. The molecule has 0 fully saturated rings. The molecule has 0 aliphatic carbocycles. The van der Waals surface area contributed by atoms with Crippen LogP contribution in [0.15, 0.2) is 48.8 Å². The molecule has 2 N–H and O–H groups in total. The molecule has 2 nitrogen and oxygen atoms in total. The van der Waals surface area contributed by atoms with Crippen LogP contribution in [-0.4, -0.2) is 4.98 Å². The van der Waals surface area contributed by atoms with Crippen LogP contribution in [-0.2, 0) is 12.0 Å². The van der Waals surface area contributed by atoms with Crippen LogP contribution in [0.3, 0.4) is 0 Å². The van der Waals surface area contributed by atoms with Gasteiger partial charge in [-0.05, 0) is 42.7 Å². The van der Waals surface area contributed by atoms with Gasteiger partial charge in [-0.1, -0.05) is 18.2 Å². The Morgan fingerprint density at radius 3 is 2.76 bits per heavy atom. The molecule has 1 aromatic heterocycles. The van der Waals surface area contributed by atoms with E-state index >= 15 is 0 Å². The van der Waals surface area contributed by atoms with Crippen molar-refractivity contribution < 1.29 is 4.39 Å². The molecule has 0 aliphatic heterocycles. The first-order chi connectivity index (χ1) is 8.08. The first kappa shape index (κ1) is 11.7. The number of halogens is 1. The maximum atomic E-state index is 13.2. The van der Waals surface area contributed by atoms with Crippen molar-refractivity contribution in [2.45, 2.75) is 18.9 Å². The molecule has 88 valence electrons. The van der Waals surface area contributed by atoms with E-state index in [0.717, 1.165) is 11.1 Å². The predicted octanol–water partition coefficient (Wildman–Crippen LogP) is 2.64. The Morgan fingerprint density at radius 1 is 1.29 bits per heavy atom. The summed E-state index contributed by atoms with van der Waals surface area (Å²) in [5.41, 5.74) is 7.49. The van der Waals surface area contributed by atoms with E-state index in [1.54, 1.807) is 18.5 Å². The van der Waals surface area contributed by atoms with Crippen LogP contribution < -0.4 is 5.73 Å². The molecule has 0 radical (unpaired) electrons. The van der Waals surface area contributed by atoms with Gasteiger partial charge >= 0.3 is 0 Å². The van der Waals surface area contributed by atoms with Crippen LogP contribution >= 0.6 is 0 Å². The van der Waals surface area contributed by atoms with Crippen molar-refractivity contribution in [1.29, 1.82) is 0 Å². The average Bonchev–Trinajstić information content (AvgIpc) is 2.30. The average molecular weight is 230 g/mol. The van der Waals surface area contributed by atoms with Crippen LogP contribution in [0.2, 0.25) is 0 Å². The van der Waals surface area contributed by atoms with Gasteiger partial charge in [0.1, 0.15) is 5.82 Å². The van der Waals surface area contributed by atoms with Gasteiger partial charge in [0.2, 0.25) is 0 Å². The number of nitrogens with two attached hydrogens (primary N) is 1. The fourth-order valence-corrected chi connectivity index (χ4v) is 1.87. The fraction of sp³-hybridized carbons (Fsp3) is 0.214. The second kappa shape index (κ2) is 4.63. The van der Waals surface area contributed by atoms with Crippen molar-refractivity contribution in [2.24, 2.45) is 5.73 Å². The highest BCUT2D eigenvalue weighted by Crippen LogP contribution is 2.22. The van der Waals surface area contributed by atoms with Gasteiger partial charge in [0.05, 0.1) is 0 Å². The summed E-state index contributed by atoms with van der Waals surface area (Å²) >= 11 is 0. The molecule has 0 saturated heterocycles. The maximum absolute atomic E-state index is 13.2. The second-order valence-electron chi connectivity index (χ2n) is 4.47. The summed E-state index contributed by atoms with van der Waals surface area (Å²) in [6, 6.07) is 10.3. The van der Waals surface area contributed by atoms with Gasteiger partial charge in [-0.15, -0.1) is 0 Å². The van der Waals surface area contributed by atoms with E-state index in [4.69, 9.17) is 5.73 Å². The topological polar surface area (TPSA) is 38.9 Å². The Hall–Kier alpha value is -1.74. The molecular weight excluding hydrogens is 215 g/mol. The van der Waals surface area contributed by atoms with Gasteiger partial charge in [0.15, 0.2) is 0 Å². The third kappa shape index (κ3) is 2.88. The molecule has 2 rings (SSSR count). The minimum atomic E-state index is -0.592. The van der Waals surface area contributed by atoms with Crippen molar-refractivity contribution in [3.05, 3.63) is 65.7 Å². The van der Waals surface area contributed by atoms with Gasteiger partial charge < -0.3 is 5.73 Å². The van der Waals surface area contributed by atoms with Gasteiger partial charge in [-0.25, -0.2) is 4.39 Å². The summed E-state index contributed by atoms with van der Waals surface area (Å²) < 4.78 is 13.2. The van der Waals surface area contributed by atoms with Crippen LogP contribution in [0, 0.1) is 5.82 Å². The van der Waals surface area contributed by atoms with Crippen molar-refractivity contribution in [3.63, 3.8) is 0 Å². The van der Waals surface area contributed by atoms with Crippen molar-refractivity contribution in [3.8, 4) is 0 Å². The number of nitrogens with zero attached hydrogens (tertiary/aromatic N) is 1. The van der Waals surface area contributed by atoms with E-state index in [1.165, 1.54) is 12.1 Å². The first-order valence-electron chi connectivity index (χ1n) is 5.52. The molecule has 3 heteroatoms. The second-order valence-corrected chi connectivity index (χ2v) is 4.47. The van der Waals surface area contributed by atoms with Crippen molar-refractivity contribution in [2.75, 3.05) is 0 Å². The van der Waals surface area contributed by atoms with E-state index in [9.17, 15) is 4.39 Å². The van der Waals surface area contributed by atoms with Crippen molar-refractivity contribution in [1.82, 2.24) is 4.98 Å². The number of benzene rings is 1. The summed E-state index contributed by atoms with van der Waals surface area (Å²) in [4.78, 5) is 4.05. The number of hydrogen-bond donors (Lipinski definition) is 1. The van der Waals surface area contributed by atoms with E-state index in [-0.39, 0.29) is 5.82 Å². The summed E-state index contributed by atoms with van der Waals surface area (Å²) in [5, 5.41) is 0. The Balaban J connectivity index is 2.25. The number of rotatable bonds is 3. The zero-order valence-corrected chi connectivity index (χ0v) is 9.73. The Bertz CT molecular complexity index is 495. The third-order valence-electron chi connectivity index (χ3n) is 2.78. The highest BCUT2D eigenvalue weighted by atomic mass is 19.1. The Morgan fingerprint density at radius 2 is 2.12 bits per heavy atom. The maximum Gasteiger partial charge on any atom is 0.123 e. The zero-order chi connectivity index (χ0) is 12.3. The van der Waals surface area contributed by atoms with Crippen LogP contribution in [0.1, 0.15) is 18.1 Å². The summed E-state index contributed by atoms with van der Waals surface area (Å²) in [6.07, 6.45) is 4.13. The van der Waals surface area contributed by atoms with Gasteiger partial charge in [0, 0.05) is 17.9 Å². The zero-order valence-electron chi connectivity index (χ0n) is 9.73. The molecule has 1 aromatic carbocycles. The summed E-state index contributed by atoms with van der Waals surface area (Å²) in [7, 11) is 0. The summed E-state index contributed by atoms with van der Waals surface area (Å²) in [5.74, 6) is -0.259. The SMILES string of the molecule is CC(N)(Cc1cccnc1)c1cccc(F)c1. The Kier molecular flexibility index (Phi) is 3.20. The number of hydrogen-bond acceptors (Lipinski definition) is 2. The lowest BCUT2D eigenvalue weighted by Crippen LogP contribution is -2.35. The molecule has 1 unspecified atom stereocenters.